The van der Waals surface area contributed by atoms with Crippen LogP contribution < -0.4 is 4.74 Å². The summed E-state index contributed by atoms with van der Waals surface area (Å²) in [6.45, 7) is 0. The van der Waals surface area contributed by atoms with Crippen LogP contribution in [0.4, 0.5) is 0 Å². The topological polar surface area (TPSA) is 26.3 Å². The molecule has 0 atom stereocenters. The number of carbonyl (C=O) groups is 1. The van der Waals surface area contributed by atoms with Crippen LogP contribution in [-0.2, 0) is 0 Å². The molecule has 0 bridgehead atoms. The van der Waals surface area contributed by atoms with Crippen molar-refractivity contribution < 1.29 is 9.53 Å². The number of ether oxygens (including phenoxy) is 1. The predicted molar refractivity (Wildman–Crippen MR) is 63.8 cm³/mol. The SMILES string of the molecule is COc1ccc(C(=O)C2=CCCC=C2)cc1. The molecule has 2 rings (SSSR count). The summed E-state index contributed by atoms with van der Waals surface area (Å²) in [6, 6.07) is 7.20. The molecule has 16 heavy (non-hydrogen) atoms. The van der Waals surface area contributed by atoms with Gasteiger partial charge in [-0.25, -0.2) is 0 Å². The van der Waals surface area contributed by atoms with Gasteiger partial charge in [-0.3, -0.25) is 4.79 Å². The second kappa shape index (κ2) is 4.79. The Hall–Kier alpha value is -1.83. The van der Waals surface area contributed by atoms with Gasteiger partial charge in [0.2, 0.25) is 0 Å². The number of hydrogen-bond acceptors (Lipinski definition) is 2. The Balaban J connectivity index is 2.20. The van der Waals surface area contributed by atoms with Crippen molar-refractivity contribution in [2.45, 2.75) is 12.8 Å². The fraction of sp³-hybridized carbons (Fsp3) is 0.214. The molecule has 0 saturated carbocycles. The van der Waals surface area contributed by atoms with Gasteiger partial charge < -0.3 is 4.74 Å². The molecule has 0 aromatic heterocycles. The first kappa shape index (κ1) is 10.7. The molecular weight excluding hydrogens is 200 g/mol. The van der Waals surface area contributed by atoms with Crippen LogP contribution in [0.5, 0.6) is 5.75 Å². The molecule has 1 aromatic rings. The minimum absolute atomic E-state index is 0.0820. The number of methoxy groups -OCH3 is 1. The Morgan fingerprint density at radius 1 is 1.19 bits per heavy atom. The summed E-state index contributed by atoms with van der Waals surface area (Å²) in [6.07, 6.45) is 7.91. The van der Waals surface area contributed by atoms with E-state index in [4.69, 9.17) is 4.74 Å². The van der Waals surface area contributed by atoms with Gasteiger partial charge in [0.25, 0.3) is 0 Å². The molecule has 2 heteroatoms. The fourth-order valence-electron chi connectivity index (χ4n) is 1.69. The standard InChI is InChI=1S/C14H14O2/c1-16-13-9-7-12(8-10-13)14(15)11-5-3-2-4-6-11/h3,5-10H,2,4H2,1H3. The number of hydrogen-bond donors (Lipinski definition) is 0. The fourth-order valence-corrected chi connectivity index (χ4v) is 1.69. The third kappa shape index (κ3) is 2.22. The van der Waals surface area contributed by atoms with Gasteiger partial charge in [-0.1, -0.05) is 18.2 Å². The van der Waals surface area contributed by atoms with Crippen molar-refractivity contribution >= 4 is 5.78 Å². The maximum atomic E-state index is 12.0. The largest absolute Gasteiger partial charge is 0.497 e. The number of Topliss-reactive ketones (excluding diaryl/α,β-unsaturated/α-hetero) is 1. The summed E-state index contributed by atoms with van der Waals surface area (Å²) in [4.78, 5) is 12.0. The molecule has 0 aliphatic heterocycles. The molecule has 0 unspecified atom stereocenters. The van der Waals surface area contributed by atoms with E-state index >= 15 is 0 Å². The summed E-state index contributed by atoms with van der Waals surface area (Å²) in [5.74, 6) is 0.850. The van der Waals surface area contributed by atoms with Crippen molar-refractivity contribution in [1.29, 1.82) is 0 Å². The minimum atomic E-state index is 0.0820. The Morgan fingerprint density at radius 2 is 1.94 bits per heavy atom. The second-order valence-electron chi connectivity index (χ2n) is 3.70. The van der Waals surface area contributed by atoms with Crippen molar-refractivity contribution in [3.05, 3.63) is 53.6 Å². The highest BCUT2D eigenvalue weighted by Gasteiger charge is 2.10. The van der Waals surface area contributed by atoms with E-state index in [9.17, 15) is 4.79 Å². The van der Waals surface area contributed by atoms with Crippen LogP contribution >= 0.6 is 0 Å². The van der Waals surface area contributed by atoms with Gasteiger partial charge in [-0.15, -0.1) is 0 Å². The number of allylic oxidation sites excluding steroid dienone is 4. The molecule has 2 nitrogen and oxygen atoms in total. The maximum Gasteiger partial charge on any atom is 0.192 e. The zero-order chi connectivity index (χ0) is 11.4. The summed E-state index contributed by atoms with van der Waals surface area (Å²) in [7, 11) is 1.61. The van der Waals surface area contributed by atoms with Crippen molar-refractivity contribution in [1.82, 2.24) is 0 Å². The highest BCUT2D eigenvalue weighted by Crippen LogP contribution is 2.18. The summed E-state index contributed by atoms with van der Waals surface area (Å²) in [5, 5.41) is 0. The van der Waals surface area contributed by atoms with Crippen LogP contribution in [0.3, 0.4) is 0 Å². The average molecular weight is 214 g/mol. The zero-order valence-corrected chi connectivity index (χ0v) is 9.27. The number of carbonyl (C=O) groups excluding carboxylic acids is 1. The minimum Gasteiger partial charge on any atom is -0.497 e. The molecule has 0 fully saturated rings. The normalized spacial score (nSPS) is 14.4. The molecule has 0 radical (unpaired) electrons. The van der Waals surface area contributed by atoms with Gasteiger partial charge in [-0.05, 0) is 37.1 Å². The van der Waals surface area contributed by atoms with Crippen LogP contribution in [-0.4, -0.2) is 12.9 Å². The number of rotatable bonds is 3. The van der Waals surface area contributed by atoms with Gasteiger partial charge in [0, 0.05) is 11.1 Å². The highest BCUT2D eigenvalue weighted by molar-refractivity contribution is 6.10. The average Bonchev–Trinajstić information content (AvgIpc) is 2.39. The molecule has 0 saturated heterocycles. The molecule has 0 spiro atoms. The quantitative estimate of drug-likeness (QED) is 0.722. The van der Waals surface area contributed by atoms with E-state index < -0.39 is 0 Å². The lowest BCUT2D eigenvalue weighted by atomic mass is 9.98. The number of ketones is 1. The van der Waals surface area contributed by atoms with E-state index in [1.807, 2.05) is 18.2 Å². The van der Waals surface area contributed by atoms with Gasteiger partial charge in [0.1, 0.15) is 5.75 Å². The summed E-state index contributed by atoms with van der Waals surface area (Å²) < 4.78 is 5.05. The molecular formula is C14H14O2. The van der Waals surface area contributed by atoms with E-state index in [1.165, 1.54) is 0 Å². The monoisotopic (exact) mass is 214 g/mol. The maximum absolute atomic E-state index is 12.0. The second-order valence-corrected chi connectivity index (χ2v) is 3.70. The molecule has 1 aromatic carbocycles. The zero-order valence-electron chi connectivity index (χ0n) is 9.27. The summed E-state index contributed by atoms with van der Waals surface area (Å²) in [5.41, 5.74) is 1.50. The van der Waals surface area contributed by atoms with Gasteiger partial charge in [0.05, 0.1) is 7.11 Å². The van der Waals surface area contributed by atoms with Crippen LogP contribution in [0, 0.1) is 0 Å². The van der Waals surface area contributed by atoms with Gasteiger partial charge >= 0.3 is 0 Å². The number of benzene rings is 1. The lowest BCUT2D eigenvalue weighted by molar-refractivity contribution is 0.103. The Bertz CT molecular complexity index is 438. The molecule has 0 N–H and O–H groups in total. The lowest BCUT2D eigenvalue weighted by Crippen LogP contribution is -2.03. The van der Waals surface area contributed by atoms with E-state index in [0.717, 1.165) is 24.2 Å². The molecule has 1 aliphatic rings. The lowest BCUT2D eigenvalue weighted by Gasteiger charge is -2.06. The Labute approximate surface area is 95.2 Å². The van der Waals surface area contributed by atoms with Crippen molar-refractivity contribution in [2.75, 3.05) is 7.11 Å². The molecule has 0 heterocycles. The molecule has 1 aliphatic carbocycles. The van der Waals surface area contributed by atoms with Crippen LogP contribution in [0.1, 0.15) is 23.2 Å². The van der Waals surface area contributed by atoms with Crippen LogP contribution in [0.15, 0.2) is 48.1 Å². The van der Waals surface area contributed by atoms with Crippen molar-refractivity contribution in [3.8, 4) is 5.75 Å². The smallest absolute Gasteiger partial charge is 0.192 e. The molecule has 0 amide bonds. The van der Waals surface area contributed by atoms with Crippen molar-refractivity contribution in [3.63, 3.8) is 0 Å². The van der Waals surface area contributed by atoms with E-state index in [1.54, 1.807) is 31.4 Å². The van der Waals surface area contributed by atoms with Gasteiger partial charge in [0.15, 0.2) is 5.78 Å². The summed E-state index contributed by atoms with van der Waals surface area (Å²) >= 11 is 0. The van der Waals surface area contributed by atoms with Crippen LogP contribution in [0.2, 0.25) is 0 Å². The van der Waals surface area contributed by atoms with E-state index in [0.29, 0.717) is 5.56 Å². The third-order valence-electron chi connectivity index (χ3n) is 2.61. The van der Waals surface area contributed by atoms with E-state index in [2.05, 4.69) is 0 Å². The first-order chi connectivity index (χ1) is 7.81. The first-order valence-electron chi connectivity index (χ1n) is 5.37. The van der Waals surface area contributed by atoms with Crippen LogP contribution in [0.25, 0.3) is 0 Å². The predicted octanol–water partition coefficient (Wildman–Crippen LogP) is 3.15. The Morgan fingerprint density at radius 3 is 2.50 bits per heavy atom. The third-order valence-corrected chi connectivity index (χ3v) is 2.61. The Kier molecular flexibility index (Phi) is 3.20. The molecule has 82 valence electrons. The highest BCUT2D eigenvalue weighted by atomic mass is 16.5. The van der Waals surface area contributed by atoms with Gasteiger partial charge in [-0.2, -0.15) is 0 Å². The van der Waals surface area contributed by atoms with E-state index in [-0.39, 0.29) is 5.78 Å². The first-order valence-corrected chi connectivity index (χ1v) is 5.37. The van der Waals surface area contributed by atoms with Crippen molar-refractivity contribution in [2.24, 2.45) is 0 Å².